The highest BCUT2D eigenvalue weighted by Gasteiger charge is 2.52. The second-order valence-electron chi connectivity index (χ2n) is 5.83. The van der Waals surface area contributed by atoms with Crippen molar-refractivity contribution in [3.05, 3.63) is 24.5 Å². The maximum Gasteiger partial charge on any atom is 0.162 e. The molecule has 3 atom stereocenters. The molecule has 0 radical (unpaired) electrons. The quantitative estimate of drug-likeness (QED) is 0.744. The van der Waals surface area contributed by atoms with E-state index in [9.17, 15) is 15.0 Å². The van der Waals surface area contributed by atoms with E-state index in [1.165, 1.54) is 6.08 Å². The number of ketones is 1. The largest absolute Gasteiger partial charge is 0.488 e. The van der Waals surface area contributed by atoms with Crippen LogP contribution in [-0.4, -0.2) is 33.3 Å². The second-order valence-corrected chi connectivity index (χ2v) is 5.83. The zero-order valence-corrected chi connectivity index (χ0v) is 10.8. The summed E-state index contributed by atoms with van der Waals surface area (Å²) in [4.78, 5) is 11.8. The summed E-state index contributed by atoms with van der Waals surface area (Å²) >= 11 is 0. The van der Waals surface area contributed by atoms with Crippen LogP contribution in [0.2, 0.25) is 0 Å². The fourth-order valence-corrected chi connectivity index (χ4v) is 2.61. The number of allylic oxidation sites excluding steroid dienone is 2. The van der Waals surface area contributed by atoms with Crippen LogP contribution in [0.15, 0.2) is 24.5 Å². The Morgan fingerprint density at radius 2 is 2.28 bits per heavy atom. The standard InChI is InChI=1S/C14H20O4/c1-4-5-9-7-14(17)8-12(13(2,3)16)18-11(14)6-10(9)15/h4,6,9,12,16-17H,1,5,7-8H2,2-3H3/t9-,12+,14-/m0/s1. The van der Waals surface area contributed by atoms with Crippen molar-refractivity contribution in [2.75, 3.05) is 0 Å². The van der Waals surface area contributed by atoms with E-state index in [-0.39, 0.29) is 11.7 Å². The van der Waals surface area contributed by atoms with E-state index in [0.29, 0.717) is 25.0 Å². The fraction of sp³-hybridized carbons (Fsp3) is 0.643. The minimum absolute atomic E-state index is 0.0361. The third kappa shape index (κ3) is 2.22. The van der Waals surface area contributed by atoms with Gasteiger partial charge in [-0.15, -0.1) is 6.58 Å². The first kappa shape index (κ1) is 13.3. The van der Waals surface area contributed by atoms with Crippen LogP contribution in [0.4, 0.5) is 0 Å². The molecule has 2 rings (SSSR count). The summed E-state index contributed by atoms with van der Waals surface area (Å²) in [5.41, 5.74) is -2.16. The number of rotatable bonds is 3. The molecular weight excluding hydrogens is 232 g/mol. The minimum Gasteiger partial charge on any atom is -0.488 e. The highest BCUT2D eigenvalue weighted by atomic mass is 16.5. The maximum atomic E-state index is 11.8. The van der Waals surface area contributed by atoms with Gasteiger partial charge in [0, 0.05) is 18.4 Å². The van der Waals surface area contributed by atoms with Gasteiger partial charge in [0.25, 0.3) is 0 Å². The molecule has 0 unspecified atom stereocenters. The minimum atomic E-state index is -1.12. The van der Waals surface area contributed by atoms with Crippen molar-refractivity contribution in [1.82, 2.24) is 0 Å². The Balaban J connectivity index is 2.24. The number of hydrogen-bond acceptors (Lipinski definition) is 4. The van der Waals surface area contributed by atoms with Crippen LogP contribution in [0.3, 0.4) is 0 Å². The highest BCUT2D eigenvalue weighted by molar-refractivity contribution is 5.93. The van der Waals surface area contributed by atoms with E-state index in [2.05, 4.69) is 6.58 Å². The van der Waals surface area contributed by atoms with Crippen LogP contribution in [-0.2, 0) is 9.53 Å². The van der Waals surface area contributed by atoms with Crippen molar-refractivity contribution in [2.45, 2.75) is 50.4 Å². The van der Waals surface area contributed by atoms with Gasteiger partial charge in [-0.1, -0.05) is 6.08 Å². The summed E-state index contributed by atoms with van der Waals surface area (Å²) in [6.07, 6.45) is 3.80. The van der Waals surface area contributed by atoms with Crippen LogP contribution in [0.5, 0.6) is 0 Å². The summed E-state index contributed by atoms with van der Waals surface area (Å²) < 4.78 is 5.54. The highest BCUT2D eigenvalue weighted by Crippen LogP contribution is 2.45. The van der Waals surface area contributed by atoms with E-state index >= 15 is 0 Å². The zero-order valence-electron chi connectivity index (χ0n) is 10.8. The summed E-state index contributed by atoms with van der Waals surface area (Å²) in [5.74, 6) is 0.0336. The van der Waals surface area contributed by atoms with E-state index < -0.39 is 17.3 Å². The molecule has 100 valence electrons. The number of carbonyl (C=O) groups excluding carboxylic acids is 1. The monoisotopic (exact) mass is 252 g/mol. The Morgan fingerprint density at radius 3 is 2.83 bits per heavy atom. The lowest BCUT2D eigenvalue weighted by molar-refractivity contribution is -0.121. The van der Waals surface area contributed by atoms with Crippen molar-refractivity contribution < 1.29 is 19.7 Å². The normalized spacial score (nSPS) is 35.8. The molecular formula is C14H20O4. The molecule has 2 N–H and O–H groups in total. The fourth-order valence-electron chi connectivity index (χ4n) is 2.61. The lowest BCUT2D eigenvalue weighted by atomic mass is 9.77. The van der Waals surface area contributed by atoms with E-state index in [4.69, 9.17) is 4.74 Å². The van der Waals surface area contributed by atoms with E-state index in [0.717, 1.165) is 0 Å². The molecule has 1 saturated heterocycles. The molecule has 0 amide bonds. The van der Waals surface area contributed by atoms with Crippen molar-refractivity contribution in [1.29, 1.82) is 0 Å². The van der Waals surface area contributed by atoms with Gasteiger partial charge in [-0.05, 0) is 26.7 Å². The molecule has 0 bridgehead atoms. The smallest absolute Gasteiger partial charge is 0.162 e. The van der Waals surface area contributed by atoms with Crippen molar-refractivity contribution >= 4 is 5.78 Å². The molecule has 0 spiro atoms. The number of carbonyl (C=O) groups is 1. The van der Waals surface area contributed by atoms with Crippen LogP contribution >= 0.6 is 0 Å². The first-order valence-electron chi connectivity index (χ1n) is 6.24. The zero-order chi connectivity index (χ0) is 13.6. The van der Waals surface area contributed by atoms with Gasteiger partial charge >= 0.3 is 0 Å². The van der Waals surface area contributed by atoms with Gasteiger partial charge in [0.05, 0.1) is 5.60 Å². The third-order valence-corrected chi connectivity index (χ3v) is 3.75. The Labute approximate surface area is 107 Å². The molecule has 1 aliphatic heterocycles. The number of fused-ring (bicyclic) bond motifs is 1. The van der Waals surface area contributed by atoms with Crippen molar-refractivity contribution in [2.24, 2.45) is 5.92 Å². The predicted octanol–water partition coefficient (Wildman–Crippen LogP) is 1.33. The molecule has 4 heteroatoms. The average Bonchev–Trinajstić information content (AvgIpc) is 2.56. The molecule has 1 heterocycles. The molecule has 4 nitrogen and oxygen atoms in total. The molecule has 2 aliphatic rings. The lowest BCUT2D eigenvalue weighted by Gasteiger charge is -2.29. The van der Waals surface area contributed by atoms with Gasteiger partial charge in [0.1, 0.15) is 17.5 Å². The van der Waals surface area contributed by atoms with E-state index in [1.807, 2.05) is 0 Å². The maximum absolute atomic E-state index is 11.8. The van der Waals surface area contributed by atoms with Crippen molar-refractivity contribution in [3.63, 3.8) is 0 Å². The second kappa shape index (κ2) is 4.21. The van der Waals surface area contributed by atoms with Crippen molar-refractivity contribution in [3.8, 4) is 0 Å². The summed E-state index contributed by atoms with van der Waals surface area (Å²) in [6, 6.07) is 0. The van der Waals surface area contributed by atoms with Crippen LogP contribution < -0.4 is 0 Å². The van der Waals surface area contributed by atoms with Gasteiger partial charge in [-0.2, -0.15) is 0 Å². The van der Waals surface area contributed by atoms with Gasteiger partial charge in [0.2, 0.25) is 0 Å². The number of aliphatic hydroxyl groups is 2. The topological polar surface area (TPSA) is 66.8 Å². The number of hydrogen-bond donors (Lipinski definition) is 2. The predicted molar refractivity (Wildman–Crippen MR) is 66.7 cm³/mol. The molecule has 0 saturated carbocycles. The van der Waals surface area contributed by atoms with Crippen LogP contribution in [0.25, 0.3) is 0 Å². The van der Waals surface area contributed by atoms with Gasteiger partial charge in [0.15, 0.2) is 5.78 Å². The van der Waals surface area contributed by atoms with Gasteiger partial charge < -0.3 is 14.9 Å². The molecule has 1 fully saturated rings. The van der Waals surface area contributed by atoms with Crippen LogP contribution in [0, 0.1) is 5.92 Å². The Bertz CT molecular complexity index is 405. The molecule has 0 aromatic rings. The lowest BCUT2D eigenvalue weighted by Crippen LogP contribution is -2.39. The summed E-state index contributed by atoms with van der Waals surface area (Å²) in [6.45, 7) is 6.91. The Kier molecular flexibility index (Phi) is 3.11. The molecule has 0 aromatic heterocycles. The number of ether oxygens (including phenoxy) is 1. The van der Waals surface area contributed by atoms with E-state index in [1.54, 1.807) is 19.9 Å². The summed E-state index contributed by atoms with van der Waals surface area (Å²) in [7, 11) is 0. The first-order valence-corrected chi connectivity index (χ1v) is 6.24. The Morgan fingerprint density at radius 1 is 1.61 bits per heavy atom. The summed E-state index contributed by atoms with van der Waals surface area (Å²) in [5, 5.41) is 20.5. The van der Waals surface area contributed by atoms with Crippen LogP contribution in [0.1, 0.15) is 33.1 Å². The Hall–Kier alpha value is -1.13. The SMILES string of the molecule is C=CC[C@H]1C[C@]2(O)C[C@H](C(C)(C)O)OC2=CC1=O. The molecule has 18 heavy (non-hydrogen) atoms. The molecule has 1 aliphatic carbocycles. The average molecular weight is 252 g/mol. The molecule has 0 aromatic carbocycles. The van der Waals surface area contributed by atoms with Gasteiger partial charge in [-0.3, -0.25) is 4.79 Å². The first-order chi connectivity index (χ1) is 8.26. The van der Waals surface area contributed by atoms with Gasteiger partial charge in [-0.25, -0.2) is 0 Å². The third-order valence-electron chi connectivity index (χ3n) is 3.75.